The van der Waals surface area contributed by atoms with Crippen molar-refractivity contribution in [2.75, 3.05) is 28.2 Å². The highest BCUT2D eigenvalue weighted by molar-refractivity contribution is 6.41. The van der Waals surface area contributed by atoms with Gasteiger partial charge in [-0.1, -0.05) is 29.5 Å². The van der Waals surface area contributed by atoms with Crippen molar-refractivity contribution in [3.05, 3.63) is 125 Å². The van der Waals surface area contributed by atoms with Crippen LogP contribution in [0.2, 0.25) is 0 Å². The number of carbonyl (C=O) groups excluding carboxylic acids is 2. The summed E-state index contributed by atoms with van der Waals surface area (Å²) in [5.74, 6) is 0.106. The second-order valence-electron chi connectivity index (χ2n) is 13.3. The molecule has 1 atom stereocenters. The van der Waals surface area contributed by atoms with Gasteiger partial charge in [0.15, 0.2) is 5.82 Å². The van der Waals surface area contributed by atoms with Gasteiger partial charge in [-0.25, -0.2) is 14.5 Å². The Balaban J connectivity index is 0.915. The van der Waals surface area contributed by atoms with Crippen LogP contribution in [0, 0.1) is 0 Å². The van der Waals surface area contributed by atoms with Crippen molar-refractivity contribution < 1.29 is 31.4 Å². The Labute approximate surface area is 316 Å². The minimum atomic E-state index is -4.51. The van der Waals surface area contributed by atoms with Crippen molar-refractivity contribution in [1.29, 1.82) is 0 Å². The van der Waals surface area contributed by atoms with Crippen molar-refractivity contribution in [2.45, 2.75) is 31.6 Å². The van der Waals surface area contributed by atoms with Crippen LogP contribution in [-0.2, 0) is 17.5 Å². The van der Waals surface area contributed by atoms with Crippen molar-refractivity contribution in [2.24, 2.45) is 0 Å². The molecule has 0 spiro atoms. The van der Waals surface area contributed by atoms with Crippen molar-refractivity contribution in [3.8, 4) is 16.9 Å². The number of H-pyrrole nitrogens is 1. The quantitative estimate of drug-likeness (QED) is 0.137. The lowest BCUT2D eigenvalue weighted by Gasteiger charge is -2.36. The predicted octanol–water partition coefficient (Wildman–Crippen LogP) is 5.20. The van der Waals surface area contributed by atoms with Crippen molar-refractivity contribution in [3.63, 3.8) is 0 Å². The number of hydrogen-bond acceptors (Lipinski definition) is 6. The molecule has 8 rings (SSSR count). The molecule has 0 aliphatic carbocycles. The number of rotatable bonds is 9. The number of benzene rings is 2. The van der Waals surface area contributed by atoms with Gasteiger partial charge >= 0.3 is 19.6 Å². The summed E-state index contributed by atoms with van der Waals surface area (Å²) < 4.78 is 69.0. The van der Waals surface area contributed by atoms with E-state index in [1.165, 1.54) is 16.9 Å². The number of aromatic amines is 1. The highest BCUT2D eigenvalue weighted by Gasteiger charge is 2.40. The molecule has 3 amide bonds. The topological polar surface area (TPSA) is 129 Å². The molecule has 3 N–H and O–H groups in total. The van der Waals surface area contributed by atoms with Gasteiger partial charge in [0.2, 0.25) is 5.91 Å². The molecule has 2 bridgehead atoms. The second kappa shape index (κ2) is 14.8. The number of fused-ring (bicyclic) bond motifs is 4. The number of urea groups is 1. The lowest BCUT2D eigenvalue weighted by molar-refractivity contribution is -0.137. The van der Waals surface area contributed by atoms with Gasteiger partial charge in [-0.3, -0.25) is 18.3 Å². The van der Waals surface area contributed by atoms with E-state index in [0.29, 0.717) is 70.0 Å². The number of nitrogens with one attached hydrogen (secondary N) is 3. The molecule has 56 heavy (non-hydrogen) atoms. The van der Waals surface area contributed by atoms with E-state index >= 15 is 0 Å². The van der Waals surface area contributed by atoms with Crippen LogP contribution in [0.3, 0.4) is 0 Å². The van der Waals surface area contributed by atoms with E-state index in [9.17, 15) is 31.4 Å². The molecule has 0 saturated carbocycles. The summed E-state index contributed by atoms with van der Waals surface area (Å²) in [5, 5.41) is 15.4. The van der Waals surface area contributed by atoms with E-state index < -0.39 is 25.2 Å². The van der Waals surface area contributed by atoms with Gasteiger partial charge in [0.1, 0.15) is 5.69 Å². The minimum Gasteiger partial charge on any atom is -0.366 e. The van der Waals surface area contributed by atoms with Crippen LogP contribution in [0.1, 0.15) is 29.8 Å². The fraction of sp³-hybridized carbons (Fsp3) is 0.184. The minimum absolute atomic E-state index is 0.0612. The van der Waals surface area contributed by atoms with E-state index in [2.05, 4.69) is 30.8 Å². The van der Waals surface area contributed by atoms with Crippen LogP contribution in [0.5, 0.6) is 0 Å². The van der Waals surface area contributed by atoms with Crippen LogP contribution < -0.4 is 31.1 Å². The Hall–Kier alpha value is -6.72. The molecule has 18 heteroatoms. The number of nitrogens with zero attached hydrogens (tertiary/aromatic N) is 7. The Bertz CT molecular complexity index is 2550. The number of alkyl halides is 3. The molecule has 1 fully saturated rings. The van der Waals surface area contributed by atoms with Gasteiger partial charge in [0, 0.05) is 47.2 Å². The van der Waals surface area contributed by atoms with Crippen LogP contribution in [-0.4, -0.2) is 67.9 Å². The number of pyridine rings is 1. The summed E-state index contributed by atoms with van der Waals surface area (Å²) in [7, 11) is -2.65. The Kier molecular flexibility index (Phi) is 9.61. The molecule has 4 aromatic heterocycles. The third kappa shape index (κ3) is 7.62. The zero-order valence-electron chi connectivity index (χ0n) is 29.4. The van der Waals surface area contributed by atoms with Crippen LogP contribution in [0.4, 0.5) is 43.8 Å². The molecular weight excluding hydrogens is 734 g/mol. The maximum absolute atomic E-state index is 13.9. The lowest BCUT2D eigenvalue weighted by atomic mass is 10.1. The van der Waals surface area contributed by atoms with Gasteiger partial charge in [0.25, 0.3) is 0 Å². The first kappa shape index (κ1) is 36.3. The van der Waals surface area contributed by atoms with E-state index in [4.69, 9.17) is 4.98 Å². The monoisotopic (exact) mass is 766 g/mol. The third-order valence-electron chi connectivity index (χ3n) is 9.59. The molecule has 0 unspecified atom stereocenters. The van der Waals surface area contributed by atoms with Crippen LogP contribution >= 0.6 is 0 Å². The summed E-state index contributed by atoms with van der Waals surface area (Å²) >= 11 is 0. The molecule has 12 nitrogen and oxygen atoms in total. The average molecular weight is 767 g/mol. The number of hydrogen-bond donors (Lipinski definition) is 3. The van der Waals surface area contributed by atoms with Gasteiger partial charge in [-0.15, -0.1) is 5.10 Å². The zero-order valence-corrected chi connectivity index (χ0v) is 29.4. The van der Waals surface area contributed by atoms with Crippen LogP contribution in [0.15, 0.2) is 97.3 Å². The van der Waals surface area contributed by atoms with Gasteiger partial charge in [0.05, 0.1) is 41.4 Å². The highest BCUT2D eigenvalue weighted by atomic mass is 19.4. The summed E-state index contributed by atoms with van der Waals surface area (Å²) in [6.07, 6.45) is 2.49. The van der Waals surface area contributed by atoms with E-state index in [0.717, 1.165) is 22.3 Å². The lowest BCUT2D eigenvalue weighted by Crippen LogP contribution is -2.48. The summed E-state index contributed by atoms with van der Waals surface area (Å²) in [5.41, 5.74) is 2.46. The first-order valence-electron chi connectivity index (χ1n) is 17.6. The third-order valence-corrected chi connectivity index (χ3v) is 9.59. The van der Waals surface area contributed by atoms with E-state index in [1.807, 2.05) is 0 Å². The largest absolute Gasteiger partial charge is 0.677 e. The molecule has 284 valence electrons. The van der Waals surface area contributed by atoms with Gasteiger partial charge in [-0.2, -0.15) is 13.2 Å². The second-order valence-corrected chi connectivity index (χ2v) is 13.3. The van der Waals surface area contributed by atoms with Crippen molar-refractivity contribution in [1.82, 2.24) is 34.8 Å². The predicted molar refractivity (Wildman–Crippen MR) is 200 cm³/mol. The fourth-order valence-corrected chi connectivity index (χ4v) is 6.87. The maximum Gasteiger partial charge on any atom is 0.677 e. The number of anilines is 3. The SMILES string of the molecule is O=C(C/C=c1\cc/c(=C/c2cccn2B(F)F)[nH]1)NCc1cn(-c2cccc(NC(=O)N3c4nc(-c5cccc(C(F)(F)F)c5)ccc4N4CC[C@H]3C4)c2)nn1. The Morgan fingerprint density at radius 3 is 2.66 bits per heavy atom. The Morgan fingerprint density at radius 1 is 0.982 bits per heavy atom. The average Bonchev–Trinajstić information content (AvgIpc) is 4.02. The molecule has 2 aromatic carbocycles. The van der Waals surface area contributed by atoms with Crippen LogP contribution in [0.25, 0.3) is 29.1 Å². The normalized spacial score (nSPS) is 15.6. The summed E-state index contributed by atoms with van der Waals surface area (Å²) in [4.78, 5) is 38.0. The molecule has 2 aliphatic rings. The molecule has 2 aliphatic heterocycles. The molecule has 6 heterocycles. The molecular formula is C38H32BF5N10O2. The standard InChI is InChI=1S/C38H32BF5N10O2/c40-38(41,42)25-5-1-4-24(18-25)33-12-13-34-36(48-33)54(32-15-17-51(34)23-32)37(56)47-27-6-2-7-31(20-27)53-22-29(49-50-53)21-45-35(55)14-11-26-9-10-28(46-26)19-30-8-3-16-52(30)39(43)44/h1-13,16,18-20,22,32,46H,14-15,17,21,23H2,(H,45,55)(H,47,56)/b26-11+,28-19-/t32-/m0/s1. The highest BCUT2D eigenvalue weighted by Crippen LogP contribution is 2.41. The van der Waals surface area contributed by atoms with Gasteiger partial charge in [-0.05, 0) is 85.4 Å². The number of carbonyl (C=O) groups is 2. The summed E-state index contributed by atoms with van der Waals surface area (Å²) in [6, 6.07) is 21.4. The molecule has 0 radical (unpaired) electrons. The first-order chi connectivity index (χ1) is 27.0. The van der Waals surface area contributed by atoms with Gasteiger partial charge < -0.3 is 25.0 Å². The number of aromatic nitrogens is 6. The molecule has 1 saturated heterocycles. The van der Waals surface area contributed by atoms with E-state index in [-0.39, 0.29) is 24.9 Å². The fourth-order valence-electron chi connectivity index (χ4n) is 6.87. The summed E-state index contributed by atoms with van der Waals surface area (Å²) in [6.45, 7) is 1.43. The number of amides is 3. The Morgan fingerprint density at radius 2 is 1.82 bits per heavy atom. The zero-order chi connectivity index (χ0) is 39.0. The van der Waals surface area contributed by atoms with Crippen molar-refractivity contribution >= 4 is 48.7 Å². The first-order valence-corrected chi connectivity index (χ1v) is 17.6. The smallest absolute Gasteiger partial charge is 0.366 e. The number of halogens is 5. The molecule has 6 aromatic rings. The van der Waals surface area contributed by atoms with E-state index in [1.54, 1.807) is 90.0 Å². The maximum atomic E-state index is 13.9.